The maximum Gasteiger partial charge on any atom is 0.0889 e. The van der Waals surface area contributed by atoms with Gasteiger partial charge in [0.1, 0.15) is 0 Å². The van der Waals surface area contributed by atoms with E-state index >= 15 is 0 Å². The van der Waals surface area contributed by atoms with Crippen LogP contribution in [0.15, 0.2) is 85.1 Å². The van der Waals surface area contributed by atoms with E-state index in [0.29, 0.717) is 0 Å². The average molecular weight is 350 g/mol. The Morgan fingerprint density at radius 2 is 1.38 bits per heavy atom. The van der Waals surface area contributed by atoms with E-state index in [9.17, 15) is 0 Å². The van der Waals surface area contributed by atoms with E-state index in [0.717, 1.165) is 5.52 Å². The molecule has 2 nitrogen and oxygen atoms in total. The molecule has 0 radical (unpaired) electrons. The van der Waals surface area contributed by atoms with Crippen LogP contribution in [0, 0.1) is 0 Å². The van der Waals surface area contributed by atoms with Gasteiger partial charge in [0.25, 0.3) is 0 Å². The van der Waals surface area contributed by atoms with Gasteiger partial charge in [-0.25, -0.2) is 0 Å². The average Bonchev–Trinajstić information content (AvgIpc) is 3.23. The Kier molecular flexibility index (Phi) is 2.79. The minimum atomic E-state index is 1.09. The molecule has 3 aromatic carbocycles. The molecule has 0 aliphatic carbocycles. The molecule has 26 heavy (non-hydrogen) atoms. The van der Waals surface area contributed by atoms with Crippen molar-refractivity contribution in [3.8, 4) is 5.69 Å². The minimum Gasteiger partial charge on any atom is -0.309 e. The lowest BCUT2D eigenvalue weighted by Crippen LogP contribution is -1.93. The Balaban J connectivity index is 1.76. The summed E-state index contributed by atoms with van der Waals surface area (Å²) in [4.78, 5) is 4.62. The van der Waals surface area contributed by atoms with Crippen LogP contribution in [0.1, 0.15) is 0 Å². The Bertz CT molecular complexity index is 1390. The van der Waals surface area contributed by atoms with Gasteiger partial charge in [-0.15, -0.1) is 11.3 Å². The molecule has 0 spiro atoms. The number of benzene rings is 3. The first-order chi connectivity index (χ1) is 12.9. The zero-order chi connectivity index (χ0) is 17.1. The van der Waals surface area contributed by atoms with Gasteiger partial charge in [-0.3, -0.25) is 4.98 Å². The molecule has 3 heterocycles. The van der Waals surface area contributed by atoms with E-state index in [1.54, 1.807) is 11.3 Å². The number of para-hydroxylation sites is 2. The standard InChI is InChI=1S/C23H14N2S/c1-3-8-19-16(6-1)17-7-2-4-9-20(17)25(19)15-11-12-21-18(14-15)23-22(26-21)10-5-13-24-23/h1-14H. The van der Waals surface area contributed by atoms with E-state index in [-0.39, 0.29) is 0 Å². The van der Waals surface area contributed by atoms with Crippen LogP contribution in [-0.4, -0.2) is 9.55 Å². The van der Waals surface area contributed by atoms with Crippen LogP contribution >= 0.6 is 11.3 Å². The highest BCUT2D eigenvalue weighted by Crippen LogP contribution is 2.36. The van der Waals surface area contributed by atoms with Crippen LogP contribution < -0.4 is 0 Å². The molecule has 0 fully saturated rings. The molecular weight excluding hydrogens is 336 g/mol. The topological polar surface area (TPSA) is 17.8 Å². The number of fused-ring (bicyclic) bond motifs is 6. The van der Waals surface area contributed by atoms with Gasteiger partial charge >= 0.3 is 0 Å². The summed E-state index contributed by atoms with van der Waals surface area (Å²) < 4.78 is 4.88. The summed E-state index contributed by atoms with van der Waals surface area (Å²) in [6.45, 7) is 0. The molecule has 0 amide bonds. The predicted octanol–water partition coefficient (Wildman–Crippen LogP) is 6.55. The van der Waals surface area contributed by atoms with Crippen LogP contribution in [-0.2, 0) is 0 Å². The van der Waals surface area contributed by atoms with Gasteiger partial charge < -0.3 is 4.57 Å². The van der Waals surface area contributed by atoms with Gasteiger partial charge in [-0.2, -0.15) is 0 Å². The normalized spacial score (nSPS) is 11.8. The number of hydrogen-bond donors (Lipinski definition) is 0. The van der Waals surface area contributed by atoms with Crippen molar-refractivity contribution in [2.24, 2.45) is 0 Å². The molecule has 6 aromatic rings. The maximum atomic E-state index is 4.62. The first-order valence-corrected chi connectivity index (χ1v) is 9.48. The van der Waals surface area contributed by atoms with Gasteiger partial charge in [0.15, 0.2) is 0 Å². The minimum absolute atomic E-state index is 1.09. The fourth-order valence-corrected chi connectivity index (χ4v) is 4.97. The molecule has 0 aliphatic heterocycles. The fraction of sp³-hybridized carbons (Fsp3) is 0. The maximum absolute atomic E-state index is 4.62. The summed E-state index contributed by atoms with van der Waals surface area (Å²) in [7, 11) is 0. The van der Waals surface area contributed by atoms with E-state index in [4.69, 9.17) is 0 Å². The largest absolute Gasteiger partial charge is 0.309 e. The third kappa shape index (κ3) is 1.83. The number of nitrogens with zero attached hydrogens (tertiary/aromatic N) is 2. The molecule has 0 bridgehead atoms. The van der Waals surface area contributed by atoms with Gasteiger partial charge in [0, 0.05) is 32.7 Å². The van der Waals surface area contributed by atoms with E-state index in [1.807, 2.05) is 12.3 Å². The third-order valence-electron chi connectivity index (χ3n) is 5.05. The van der Waals surface area contributed by atoms with E-state index in [2.05, 4.69) is 82.3 Å². The number of hydrogen-bond acceptors (Lipinski definition) is 2. The smallest absolute Gasteiger partial charge is 0.0889 e. The summed E-state index contributed by atoms with van der Waals surface area (Å²) in [6, 6.07) is 28.1. The first-order valence-electron chi connectivity index (χ1n) is 8.66. The SMILES string of the molecule is c1cnc2c(c1)sc1ccc(-n3c4ccccc4c4ccccc43)cc12. The molecular formula is C23H14N2S. The summed E-state index contributed by atoms with van der Waals surface area (Å²) in [6.07, 6.45) is 1.88. The van der Waals surface area contributed by atoms with Crippen molar-refractivity contribution < 1.29 is 0 Å². The Hall–Kier alpha value is -3.17. The molecule has 0 saturated heterocycles. The highest BCUT2D eigenvalue weighted by Gasteiger charge is 2.13. The number of aromatic nitrogens is 2. The van der Waals surface area contributed by atoms with Crippen molar-refractivity contribution >= 4 is 53.4 Å². The number of pyridine rings is 1. The summed E-state index contributed by atoms with van der Waals surface area (Å²) in [5.41, 5.74) is 4.75. The summed E-state index contributed by atoms with van der Waals surface area (Å²) in [5, 5.41) is 3.80. The number of thiophene rings is 1. The number of rotatable bonds is 1. The van der Waals surface area contributed by atoms with Crippen LogP contribution in [0.4, 0.5) is 0 Å². The first kappa shape index (κ1) is 14.0. The fourth-order valence-electron chi connectivity index (χ4n) is 3.93. The molecule has 122 valence electrons. The lowest BCUT2D eigenvalue weighted by molar-refractivity contribution is 1.19. The van der Waals surface area contributed by atoms with Gasteiger partial charge in [-0.1, -0.05) is 36.4 Å². The van der Waals surface area contributed by atoms with Crippen LogP contribution in [0.2, 0.25) is 0 Å². The van der Waals surface area contributed by atoms with Crippen LogP contribution in [0.5, 0.6) is 0 Å². The molecule has 0 aliphatic rings. The zero-order valence-electron chi connectivity index (χ0n) is 13.9. The summed E-state index contributed by atoms with van der Waals surface area (Å²) in [5.74, 6) is 0. The second kappa shape index (κ2) is 5.16. The van der Waals surface area contributed by atoms with Crippen molar-refractivity contribution in [2.45, 2.75) is 0 Å². The van der Waals surface area contributed by atoms with Crippen LogP contribution in [0.25, 0.3) is 47.8 Å². The van der Waals surface area contributed by atoms with Crippen molar-refractivity contribution in [1.82, 2.24) is 9.55 Å². The Morgan fingerprint density at radius 3 is 2.15 bits per heavy atom. The highest BCUT2D eigenvalue weighted by atomic mass is 32.1. The molecule has 0 N–H and O–H groups in total. The molecule has 6 rings (SSSR count). The molecule has 0 saturated carbocycles. The molecule has 3 aromatic heterocycles. The molecule has 0 atom stereocenters. The van der Waals surface area contributed by atoms with E-state index in [1.165, 1.54) is 42.3 Å². The second-order valence-electron chi connectivity index (χ2n) is 6.50. The Morgan fingerprint density at radius 1 is 0.654 bits per heavy atom. The lowest BCUT2D eigenvalue weighted by atomic mass is 10.2. The Labute approximate surface area is 153 Å². The molecule has 3 heteroatoms. The predicted molar refractivity (Wildman–Crippen MR) is 111 cm³/mol. The monoisotopic (exact) mass is 350 g/mol. The van der Waals surface area contributed by atoms with Crippen molar-refractivity contribution in [3.05, 3.63) is 85.1 Å². The summed E-state index contributed by atoms with van der Waals surface area (Å²) >= 11 is 1.80. The third-order valence-corrected chi connectivity index (χ3v) is 6.17. The van der Waals surface area contributed by atoms with Gasteiger partial charge in [-0.05, 0) is 42.5 Å². The van der Waals surface area contributed by atoms with Crippen molar-refractivity contribution in [1.29, 1.82) is 0 Å². The van der Waals surface area contributed by atoms with Crippen molar-refractivity contribution in [2.75, 3.05) is 0 Å². The van der Waals surface area contributed by atoms with E-state index < -0.39 is 0 Å². The van der Waals surface area contributed by atoms with Gasteiger partial charge in [0.2, 0.25) is 0 Å². The van der Waals surface area contributed by atoms with Gasteiger partial charge in [0.05, 0.1) is 21.3 Å². The second-order valence-corrected chi connectivity index (χ2v) is 7.59. The molecule has 0 unspecified atom stereocenters. The quantitative estimate of drug-likeness (QED) is 0.329. The zero-order valence-corrected chi connectivity index (χ0v) is 14.7. The van der Waals surface area contributed by atoms with Crippen molar-refractivity contribution in [3.63, 3.8) is 0 Å². The lowest BCUT2D eigenvalue weighted by Gasteiger charge is -2.08. The van der Waals surface area contributed by atoms with Crippen LogP contribution in [0.3, 0.4) is 0 Å². The highest BCUT2D eigenvalue weighted by molar-refractivity contribution is 7.25.